The van der Waals surface area contributed by atoms with E-state index in [0.29, 0.717) is 35.4 Å². The molecule has 0 bridgehead atoms. The minimum Gasteiger partial charge on any atom is -0.492 e. The Balaban J connectivity index is 1.77. The third kappa shape index (κ3) is 6.22. The van der Waals surface area contributed by atoms with Crippen molar-refractivity contribution in [1.29, 1.82) is 0 Å². The standard InChI is InChI=1S/C19H24Cl2N2O3/c1-13-10-15(19(24)22-8-7-20)12-17(21)18(13)25-9-5-3-4-6-16-11-14(2)23-26-16/h10-12H,3-9H2,1-2H3,(H,22,24). The van der Waals surface area contributed by atoms with Crippen molar-refractivity contribution in [3.05, 3.63) is 45.8 Å². The van der Waals surface area contributed by atoms with Crippen molar-refractivity contribution in [2.45, 2.75) is 39.5 Å². The lowest BCUT2D eigenvalue weighted by molar-refractivity contribution is 0.0956. The molecule has 1 amide bonds. The number of aryl methyl sites for hydroxylation is 3. The lowest BCUT2D eigenvalue weighted by Crippen LogP contribution is -2.25. The lowest BCUT2D eigenvalue weighted by atomic mass is 10.1. The van der Waals surface area contributed by atoms with Crippen LogP contribution >= 0.6 is 23.2 Å². The zero-order chi connectivity index (χ0) is 18.9. The molecule has 5 nitrogen and oxygen atoms in total. The van der Waals surface area contributed by atoms with Crippen molar-refractivity contribution >= 4 is 29.1 Å². The first-order valence-corrected chi connectivity index (χ1v) is 9.62. The zero-order valence-corrected chi connectivity index (χ0v) is 16.6. The molecule has 7 heteroatoms. The molecule has 2 rings (SSSR count). The highest BCUT2D eigenvalue weighted by Crippen LogP contribution is 2.30. The summed E-state index contributed by atoms with van der Waals surface area (Å²) in [5, 5.41) is 7.04. The molecular formula is C19H24Cl2N2O3. The van der Waals surface area contributed by atoms with E-state index in [1.165, 1.54) is 0 Å². The average molecular weight is 399 g/mol. The van der Waals surface area contributed by atoms with Crippen molar-refractivity contribution in [3.63, 3.8) is 0 Å². The van der Waals surface area contributed by atoms with Crippen LogP contribution in [0.1, 0.15) is 46.6 Å². The second-order valence-corrected chi connectivity index (χ2v) is 6.93. The van der Waals surface area contributed by atoms with Gasteiger partial charge < -0.3 is 14.6 Å². The van der Waals surface area contributed by atoms with Gasteiger partial charge in [0.25, 0.3) is 5.91 Å². The molecule has 0 radical (unpaired) electrons. The van der Waals surface area contributed by atoms with Crippen LogP contribution in [-0.4, -0.2) is 30.1 Å². The maximum Gasteiger partial charge on any atom is 0.251 e. The van der Waals surface area contributed by atoms with E-state index in [1.807, 2.05) is 19.9 Å². The van der Waals surface area contributed by atoms with Crippen molar-refractivity contribution in [2.75, 3.05) is 19.0 Å². The fraction of sp³-hybridized carbons (Fsp3) is 0.474. The van der Waals surface area contributed by atoms with Crippen molar-refractivity contribution in [3.8, 4) is 5.75 Å². The number of halogens is 2. The number of aromatic nitrogens is 1. The van der Waals surface area contributed by atoms with Gasteiger partial charge in [0.05, 0.1) is 17.3 Å². The highest BCUT2D eigenvalue weighted by molar-refractivity contribution is 6.32. The molecule has 0 saturated carbocycles. The molecule has 0 fully saturated rings. The minimum absolute atomic E-state index is 0.190. The van der Waals surface area contributed by atoms with Crippen LogP contribution in [0.25, 0.3) is 0 Å². The van der Waals surface area contributed by atoms with E-state index in [9.17, 15) is 4.79 Å². The number of carbonyl (C=O) groups excluding carboxylic acids is 1. The molecule has 142 valence electrons. The van der Waals surface area contributed by atoms with Gasteiger partial charge in [-0.05, 0) is 50.8 Å². The Morgan fingerprint density at radius 2 is 2.04 bits per heavy atom. The Morgan fingerprint density at radius 1 is 1.23 bits per heavy atom. The van der Waals surface area contributed by atoms with Gasteiger partial charge in [-0.2, -0.15) is 0 Å². The van der Waals surface area contributed by atoms with Crippen LogP contribution in [0.15, 0.2) is 22.7 Å². The van der Waals surface area contributed by atoms with Gasteiger partial charge in [-0.3, -0.25) is 4.79 Å². The van der Waals surface area contributed by atoms with E-state index in [-0.39, 0.29) is 5.91 Å². The molecule has 26 heavy (non-hydrogen) atoms. The average Bonchev–Trinajstić information content (AvgIpc) is 3.02. The summed E-state index contributed by atoms with van der Waals surface area (Å²) in [6, 6.07) is 5.36. The topological polar surface area (TPSA) is 64.4 Å². The molecule has 0 aliphatic rings. The second-order valence-electron chi connectivity index (χ2n) is 6.14. The van der Waals surface area contributed by atoms with E-state index >= 15 is 0 Å². The third-order valence-electron chi connectivity index (χ3n) is 3.86. The normalized spacial score (nSPS) is 10.8. The first kappa shape index (κ1) is 20.6. The molecule has 0 unspecified atom stereocenters. The molecule has 0 aliphatic heterocycles. The van der Waals surface area contributed by atoms with Crippen LogP contribution in [-0.2, 0) is 6.42 Å². The van der Waals surface area contributed by atoms with Gasteiger partial charge >= 0.3 is 0 Å². The maximum atomic E-state index is 12.0. The summed E-state index contributed by atoms with van der Waals surface area (Å²) in [4.78, 5) is 12.0. The van der Waals surface area contributed by atoms with Gasteiger partial charge in [-0.25, -0.2) is 0 Å². The molecule has 0 atom stereocenters. The van der Waals surface area contributed by atoms with E-state index in [4.69, 9.17) is 32.5 Å². The van der Waals surface area contributed by atoms with E-state index in [0.717, 1.165) is 42.7 Å². The summed E-state index contributed by atoms with van der Waals surface area (Å²) < 4.78 is 11.0. The number of ether oxygens (including phenoxy) is 1. The first-order chi connectivity index (χ1) is 12.5. The van der Waals surface area contributed by atoms with Gasteiger partial charge in [-0.15, -0.1) is 11.6 Å². The molecule has 1 aromatic heterocycles. The number of alkyl halides is 1. The Morgan fingerprint density at radius 3 is 2.69 bits per heavy atom. The number of hydrogen-bond acceptors (Lipinski definition) is 4. The van der Waals surface area contributed by atoms with E-state index in [2.05, 4.69) is 10.5 Å². The van der Waals surface area contributed by atoms with Gasteiger partial charge in [0.1, 0.15) is 11.5 Å². The van der Waals surface area contributed by atoms with Gasteiger partial charge in [0.2, 0.25) is 0 Å². The summed E-state index contributed by atoms with van der Waals surface area (Å²) in [6.45, 7) is 4.79. The number of carbonyl (C=O) groups is 1. The summed E-state index contributed by atoms with van der Waals surface area (Å²) in [5.74, 6) is 1.73. The maximum absolute atomic E-state index is 12.0. The Hall–Kier alpha value is -1.72. The summed E-state index contributed by atoms with van der Waals surface area (Å²) in [6.07, 6.45) is 3.84. The number of unbranched alkanes of at least 4 members (excludes halogenated alkanes) is 2. The van der Waals surface area contributed by atoms with Gasteiger partial charge in [-0.1, -0.05) is 16.8 Å². The van der Waals surface area contributed by atoms with Crippen LogP contribution in [0.4, 0.5) is 0 Å². The Kier molecular flexibility index (Phi) is 8.26. The number of amides is 1. The largest absolute Gasteiger partial charge is 0.492 e. The highest BCUT2D eigenvalue weighted by atomic mass is 35.5. The van der Waals surface area contributed by atoms with Crippen LogP contribution in [0, 0.1) is 13.8 Å². The number of nitrogens with one attached hydrogen (secondary N) is 1. The van der Waals surface area contributed by atoms with Crippen LogP contribution in [0.5, 0.6) is 5.75 Å². The van der Waals surface area contributed by atoms with Gasteiger partial charge in [0, 0.05) is 30.5 Å². The lowest BCUT2D eigenvalue weighted by Gasteiger charge is -2.13. The predicted octanol–water partition coefficient (Wildman–Crippen LogP) is 4.71. The smallest absolute Gasteiger partial charge is 0.251 e. The van der Waals surface area contributed by atoms with Crippen molar-refractivity contribution in [2.24, 2.45) is 0 Å². The zero-order valence-electron chi connectivity index (χ0n) is 15.1. The molecule has 0 saturated heterocycles. The molecule has 1 heterocycles. The van der Waals surface area contributed by atoms with Crippen LogP contribution in [0.3, 0.4) is 0 Å². The van der Waals surface area contributed by atoms with Crippen LogP contribution in [0.2, 0.25) is 5.02 Å². The second kappa shape index (κ2) is 10.4. The fourth-order valence-corrected chi connectivity index (χ4v) is 3.01. The summed E-state index contributed by atoms with van der Waals surface area (Å²) in [5.41, 5.74) is 2.26. The molecule has 2 aromatic rings. The number of nitrogens with zero attached hydrogens (tertiary/aromatic N) is 1. The van der Waals surface area contributed by atoms with E-state index in [1.54, 1.807) is 12.1 Å². The Bertz CT molecular complexity index is 708. The van der Waals surface area contributed by atoms with Crippen molar-refractivity contribution < 1.29 is 14.1 Å². The van der Waals surface area contributed by atoms with E-state index < -0.39 is 0 Å². The fourth-order valence-electron chi connectivity index (χ4n) is 2.59. The van der Waals surface area contributed by atoms with Crippen LogP contribution < -0.4 is 10.1 Å². The molecule has 0 aliphatic carbocycles. The monoisotopic (exact) mass is 398 g/mol. The number of benzene rings is 1. The van der Waals surface area contributed by atoms with Crippen molar-refractivity contribution in [1.82, 2.24) is 10.5 Å². The summed E-state index contributed by atoms with van der Waals surface area (Å²) in [7, 11) is 0. The highest BCUT2D eigenvalue weighted by Gasteiger charge is 2.12. The summed E-state index contributed by atoms with van der Waals surface area (Å²) >= 11 is 11.9. The molecule has 1 N–H and O–H groups in total. The van der Waals surface area contributed by atoms with Gasteiger partial charge in [0.15, 0.2) is 0 Å². The molecule has 0 spiro atoms. The Labute approximate surface area is 164 Å². The number of rotatable bonds is 10. The minimum atomic E-state index is -0.190. The molecule has 1 aromatic carbocycles. The quantitative estimate of drug-likeness (QED) is 0.465. The third-order valence-corrected chi connectivity index (χ3v) is 4.33. The number of hydrogen-bond donors (Lipinski definition) is 1. The predicted molar refractivity (Wildman–Crippen MR) is 104 cm³/mol. The first-order valence-electron chi connectivity index (χ1n) is 8.70. The SMILES string of the molecule is Cc1cc(CCCCCOc2c(C)cc(C(=O)NCCCl)cc2Cl)on1. The molecular weight excluding hydrogens is 375 g/mol.